The van der Waals surface area contributed by atoms with E-state index in [-0.39, 0.29) is 23.3 Å². The van der Waals surface area contributed by atoms with Crippen molar-refractivity contribution >= 4 is 17.9 Å². The summed E-state index contributed by atoms with van der Waals surface area (Å²) < 4.78 is 29.2. The van der Waals surface area contributed by atoms with Crippen LogP contribution in [0.2, 0.25) is 0 Å². The van der Waals surface area contributed by atoms with Gasteiger partial charge < -0.3 is 28.8 Å². The molecule has 0 radical (unpaired) electrons. The lowest BCUT2D eigenvalue weighted by Gasteiger charge is -2.44. The Morgan fingerprint density at radius 1 is 0.667 bits per heavy atom. The van der Waals surface area contributed by atoms with Crippen LogP contribution in [-0.2, 0) is 23.7 Å². The van der Waals surface area contributed by atoms with Gasteiger partial charge in [0.2, 0.25) is 0 Å². The predicted octanol–water partition coefficient (Wildman–Crippen LogP) is 3.81. The van der Waals surface area contributed by atoms with E-state index in [1.54, 1.807) is 91.0 Å². The molecule has 0 amide bonds. The molecule has 0 spiro atoms. The van der Waals surface area contributed by atoms with E-state index in [9.17, 15) is 19.5 Å². The molecule has 1 saturated heterocycles. The number of carbonyl (C=O) groups is 3. The lowest BCUT2D eigenvalue weighted by atomic mass is 9.97. The molecule has 39 heavy (non-hydrogen) atoms. The van der Waals surface area contributed by atoms with Crippen LogP contribution >= 0.6 is 0 Å². The molecule has 1 heterocycles. The van der Waals surface area contributed by atoms with E-state index in [0.29, 0.717) is 6.42 Å². The summed E-state index contributed by atoms with van der Waals surface area (Å²) in [6, 6.07) is 24.7. The van der Waals surface area contributed by atoms with Gasteiger partial charge in [-0.05, 0) is 42.8 Å². The highest BCUT2D eigenvalue weighted by molar-refractivity contribution is 5.91. The molecule has 1 N–H and O–H groups in total. The number of rotatable bonds is 10. The number of aliphatic hydroxyl groups is 1. The Labute approximate surface area is 226 Å². The molecule has 3 aromatic rings. The molecule has 9 nitrogen and oxygen atoms in total. The van der Waals surface area contributed by atoms with Gasteiger partial charge in [0.1, 0.15) is 6.10 Å². The van der Waals surface area contributed by atoms with E-state index in [0.717, 1.165) is 0 Å². The van der Waals surface area contributed by atoms with Gasteiger partial charge in [0.05, 0.1) is 23.3 Å². The van der Waals surface area contributed by atoms with E-state index < -0.39 is 55.2 Å². The molecule has 5 atom stereocenters. The topological polar surface area (TPSA) is 118 Å². The summed E-state index contributed by atoms with van der Waals surface area (Å²) >= 11 is 0. The third-order valence-corrected chi connectivity index (χ3v) is 6.02. The van der Waals surface area contributed by atoms with Gasteiger partial charge in [-0.2, -0.15) is 0 Å². The Hall–Kier alpha value is -4.05. The third kappa shape index (κ3) is 7.08. The molecule has 204 valence electrons. The number of hydrogen-bond acceptors (Lipinski definition) is 9. The standard InChI is InChI=1S/C30H30O9/c1-2-18-35-30-26(39-29(34)22-16-10-5-11-17-22)25(38-28(33)21-14-8-4-9-15-21)24(23(19-31)36-30)37-27(32)20-12-6-3-7-13-20/h3-17,23-26,30-31H,2,18-19H2,1H3/t23-,24+,25+,26-,30-/m1/s1. The Morgan fingerprint density at radius 3 is 1.49 bits per heavy atom. The number of ether oxygens (including phenoxy) is 5. The molecule has 0 unspecified atom stereocenters. The molecule has 4 rings (SSSR count). The smallest absolute Gasteiger partial charge is 0.338 e. The van der Waals surface area contributed by atoms with Crippen LogP contribution in [0.25, 0.3) is 0 Å². The average Bonchev–Trinajstić information content (AvgIpc) is 2.99. The highest BCUT2D eigenvalue weighted by Crippen LogP contribution is 2.31. The van der Waals surface area contributed by atoms with Crippen LogP contribution in [0.1, 0.15) is 44.4 Å². The Bertz CT molecular complexity index is 1220. The fraction of sp³-hybridized carbons (Fsp3) is 0.300. The zero-order chi connectivity index (χ0) is 27.6. The molecular formula is C30H30O9. The molecule has 0 aliphatic carbocycles. The van der Waals surface area contributed by atoms with Gasteiger partial charge >= 0.3 is 17.9 Å². The van der Waals surface area contributed by atoms with Crippen LogP contribution in [0.3, 0.4) is 0 Å². The highest BCUT2D eigenvalue weighted by Gasteiger charge is 2.53. The quantitative estimate of drug-likeness (QED) is 0.306. The number of aliphatic hydroxyl groups excluding tert-OH is 1. The first-order chi connectivity index (χ1) is 19.0. The summed E-state index contributed by atoms with van der Waals surface area (Å²) in [5.74, 6) is -2.19. The molecule has 3 aromatic carbocycles. The first-order valence-corrected chi connectivity index (χ1v) is 12.7. The van der Waals surface area contributed by atoms with Gasteiger partial charge in [-0.3, -0.25) is 0 Å². The van der Waals surface area contributed by atoms with E-state index >= 15 is 0 Å². The molecule has 0 aromatic heterocycles. The monoisotopic (exact) mass is 534 g/mol. The second kappa shape index (κ2) is 13.7. The first kappa shape index (κ1) is 28.0. The Balaban J connectivity index is 1.71. The molecule has 1 fully saturated rings. The van der Waals surface area contributed by atoms with Crippen LogP contribution in [0.5, 0.6) is 0 Å². The molecule has 1 aliphatic rings. The highest BCUT2D eigenvalue weighted by atomic mass is 16.7. The second-order valence-electron chi connectivity index (χ2n) is 8.80. The van der Waals surface area contributed by atoms with Crippen molar-refractivity contribution in [2.24, 2.45) is 0 Å². The SMILES string of the molecule is CCCO[C@@H]1O[C@H](CO)[C@H](OC(=O)c2ccccc2)[C@H](OC(=O)c2ccccc2)[C@H]1OC(=O)c1ccccc1. The van der Waals surface area contributed by atoms with Crippen LogP contribution in [0, 0.1) is 0 Å². The van der Waals surface area contributed by atoms with Gasteiger partial charge in [-0.25, -0.2) is 14.4 Å². The van der Waals surface area contributed by atoms with Crippen molar-refractivity contribution in [2.75, 3.05) is 13.2 Å². The van der Waals surface area contributed by atoms with Crippen LogP contribution in [-0.4, -0.2) is 66.9 Å². The van der Waals surface area contributed by atoms with Crippen LogP contribution < -0.4 is 0 Å². The molecule has 1 aliphatic heterocycles. The minimum Gasteiger partial charge on any atom is -0.452 e. The van der Waals surface area contributed by atoms with Crippen molar-refractivity contribution in [3.8, 4) is 0 Å². The third-order valence-electron chi connectivity index (χ3n) is 6.02. The maximum atomic E-state index is 13.2. The van der Waals surface area contributed by atoms with Crippen LogP contribution in [0.15, 0.2) is 91.0 Å². The van der Waals surface area contributed by atoms with Crippen molar-refractivity contribution in [3.05, 3.63) is 108 Å². The van der Waals surface area contributed by atoms with E-state index in [2.05, 4.69) is 0 Å². The van der Waals surface area contributed by atoms with E-state index in [1.807, 2.05) is 6.92 Å². The second-order valence-corrected chi connectivity index (χ2v) is 8.80. The number of carbonyl (C=O) groups excluding carboxylic acids is 3. The fourth-order valence-electron chi connectivity index (χ4n) is 4.09. The van der Waals surface area contributed by atoms with Gasteiger partial charge in [-0.1, -0.05) is 61.5 Å². The van der Waals surface area contributed by atoms with Gasteiger partial charge in [0.15, 0.2) is 24.6 Å². The van der Waals surface area contributed by atoms with Gasteiger partial charge in [-0.15, -0.1) is 0 Å². The Kier molecular flexibility index (Phi) is 9.80. The maximum Gasteiger partial charge on any atom is 0.338 e. The summed E-state index contributed by atoms with van der Waals surface area (Å²) in [4.78, 5) is 39.3. The lowest BCUT2D eigenvalue weighted by molar-refractivity contribution is -0.298. The summed E-state index contributed by atoms with van der Waals surface area (Å²) in [6.45, 7) is 1.53. The predicted molar refractivity (Wildman–Crippen MR) is 139 cm³/mol. The molecule has 0 saturated carbocycles. The van der Waals surface area contributed by atoms with E-state index in [4.69, 9.17) is 23.7 Å². The van der Waals surface area contributed by atoms with Crippen molar-refractivity contribution in [1.82, 2.24) is 0 Å². The minimum atomic E-state index is -1.37. The average molecular weight is 535 g/mol. The molecule has 0 bridgehead atoms. The summed E-state index contributed by atoms with van der Waals surface area (Å²) in [7, 11) is 0. The normalized spacial score (nSPS) is 22.5. The van der Waals surface area contributed by atoms with Crippen molar-refractivity contribution in [2.45, 2.75) is 44.1 Å². The number of benzene rings is 3. The van der Waals surface area contributed by atoms with Crippen molar-refractivity contribution < 1.29 is 43.2 Å². The zero-order valence-electron chi connectivity index (χ0n) is 21.4. The van der Waals surface area contributed by atoms with Crippen LogP contribution in [0.4, 0.5) is 0 Å². The van der Waals surface area contributed by atoms with Gasteiger partial charge in [0, 0.05) is 6.61 Å². The maximum absolute atomic E-state index is 13.2. The first-order valence-electron chi connectivity index (χ1n) is 12.7. The van der Waals surface area contributed by atoms with Crippen molar-refractivity contribution in [1.29, 1.82) is 0 Å². The van der Waals surface area contributed by atoms with Crippen molar-refractivity contribution in [3.63, 3.8) is 0 Å². The zero-order valence-corrected chi connectivity index (χ0v) is 21.4. The summed E-state index contributed by atoms with van der Waals surface area (Å²) in [6.07, 6.45) is -5.76. The number of hydrogen-bond donors (Lipinski definition) is 1. The lowest BCUT2D eigenvalue weighted by Crippen LogP contribution is -2.63. The van der Waals surface area contributed by atoms with E-state index in [1.165, 1.54) is 0 Å². The summed E-state index contributed by atoms with van der Waals surface area (Å²) in [5, 5.41) is 10.2. The minimum absolute atomic E-state index is 0.232. The van der Waals surface area contributed by atoms with Gasteiger partial charge in [0.25, 0.3) is 0 Å². The fourth-order valence-corrected chi connectivity index (χ4v) is 4.09. The Morgan fingerprint density at radius 2 is 1.08 bits per heavy atom. The summed E-state index contributed by atoms with van der Waals surface area (Å²) in [5.41, 5.74) is 0.725. The largest absolute Gasteiger partial charge is 0.452 e. The number of esters is 3. The molecular weight excluding hydrogens is 504 g/mol. The molecule has 9 heteroatoms.